The molecular weight excluding hydrogens is 486 g/mol. The van der Waals surface area contributed by atoms with Crippen LogP contribution in [-0.2, 0) is 16.1 Å². The van der Waals surface area contributed by atoms with Gasteiger partial charge in [0.2, 0.25) is 11.9 Å². The van der Waals surface area contributed by atoms with Crippen molar-refractivity contribution in [2.75, 3.05) is 31.5 Å². The van der Waals surface area contributed by atoms with Crippen LogP contribution < -0.4 is 16.1 Å². The predicted molar refractivity (Wildman–Crippen MR) is 134 cm³/mol. The van der Waals surface area contributed by atoms with Crippen molar-refractivity contribution in [3.05, 3.63) is 40.5 Å². The molecule has 1 unspecified atom stereocenters. The first-order valence-corrected chi connectivity index (χ1v) is 12.1. The van der Waals surface area contributed by atoms with E-state index in [1.807, 2.05) is 31.2 Å². The van der Waals surface area contributed by atoms with E-state index in [4.69, 9.17) is 4.84 Å². The number of hydrogen-bond donors (Lipinski definition) is 3. The fourth-order valence-electron chi connectivity index (χ4n) is 3.34. The molecule has 1 aromatic heterocycles. The molecule has 178 valence electrons. The van der Waals surface area contributed by atoms with Crippen molar-refractivity contribution in [1.29, 1.82) is 0 Å². The zero-order chi connectivity index (χ0) is 23.6. The minimum atomic E-state index is 0.0818. The third-order valence-electron chi connectivity index (χ3n) is 5.32. The molecule has 1 aliphatic heterocycles. The first-order valence-electron chi connectivity index (χ1n) is 11.3. The third kappa shape index (κ3) is 8.06. The number of aryl methyl sites for hydroxylation is 1. The van der Waals surface area contributed by atoms with Crippen molar-refractivity contribution in [1.82, 2.24) is 25.7 Å². The average molecular weight is 518 g/mol. The lowest BCUT2D eigenvalue weighted by Gasteiger charge is -2.17. The molecule has 1 fully saturated rings. The fourth-order valence-corrected chi connectivity index (χ4v) is 3.62. The zero-order valence-electron chi connectivity index (χ0n) is 19.4. The van der Waals surface area contributed by atoms with Crippen molar-refractivity contribution >= 4 is 45.1 Å². The summed E-state index contributed by atoms with van der Waals surface area (Å²) >= 11 is 3.44. The highest BCUT2D eigenvalue weighted by Crippen LogP contribution is 2.25. The highest BCUT2D eigenvalue weighted by atomic mass is 79.9. The molecule has 0 radical (unpaired) electrons. The van der Waals surface area contributed by atoms with Crippen LogP contribution in [-0.4, -0.2) is 58.9 Å². The molecule has 0 spiro atoms. The minimum Gasteiger partial charge on any atom is -0.355 e. The van der Waals surface area contributed by atoms with E-state index in [0.29, 0.717) is 42.0 Å². The second-order valence-corrected chi connectivity index (χ2v) is 8.71. The average Bonchev–Trinajstić information content (AvgIpc) is 3.23. The summed E-state index contributed by atoms with van der Waals surface area (Å²) in [5, 5.41) is 6.20. The molecule has 1 aliphatic rings. The Hall–Kier alpha value is -2.56. The number of amidine groups is 1. The van der Waals surface area contributed by atoms with Gasteiger partial charge in [-0.2, -0.15) is 4.98 Å². The smallest absolute Gasteiger partial charge is 0.229 e. The molecule has 33 heavy (non-hydrogen) atoms. The van der Waals surface area contributed by atoms with E-state index in [-0.39, 0.29) is 12.0 Å². The summed E-state index contributed by atoms with van der Waals surface area (Å²) in [5.41, 5.74) is 4.78. The molecule has 0 saturated carbocycles. The van der Waals surface area contributed by atoms with Gasteiger partial charge in [-0.15, -0.1) is 0 Å². The monoisotopic (exact) mass is 517 g/mol. The van der Waals surface area contributed by atoms with Crippen LogP contribution in [0, 0.1) is 0 Å². The van der Waals surface area contributed by atoms with Gasteiger partial charge in [-0.25, -0.2) is 9.98 Å². The van der Waals surface area contributed by atoms with E-state index < -0.39 is 0 Å². The topological polar surface area (TPSA) is 104 Å². The van der Waals surface area contributed by atoms with Crippen LogP contribution in [0.5, 0.6) is 0 Å². The van der Waals surface area contributed by atoms with Crippen molar-refractivity contribution in [3.63, 3.8) is 0 Å². The summed E-state index contributed by atoms with van der Waals surface area (Å²) in [6.45, 7) is 9.80. The third-order valence-corrected chi connectivity index (χ3v) is 5.88. The van der Waals surface area contributed by atoms with Crippen LogP contribution >= 0.6 is 15.9 Å². The molecule has 1 atom stereocenters. The molecule has 0 aliphatic carbocycles. The normalized spacial score (nSPS) is 16.8. The van der Waals surface area contributed by atoms with Gasteiger partial charge in [0.1, 0.15) is 5.84 Å². The highest BCUT2D eigenvalue weighted by molar-refractivity contribution is 9.10. The van der Waals surface area contributed by atoms with Crippen molar-refractivity contribution in [2.45, 2.75) is 46.1 Å². The fraction of sp³-hybridized carbons (Fsp3) is 0.478. The Labute approximate surface area is 203 Å². The second-order valence-electron chi connectivity index (χ2n) is 7.86. The van der Waals surface area contributed by atoms with Gasteiger partial charge in [0.05, 0.1) is 10.6 Å². The quantitative estimate of drug-likeness (QED) is 0.417. The number of anilines is 2. The molecule has 3 N–H and O–H groups in total. The Balaban J connectivity index is 1.49. The summed E-state index contributed by atoms with van der Waals surface area (Å²) in [4.78, 5) is 33.0. The van der Waals surface area contributed by atoms with E-state index in [2.05, 4.69) is 65.8 Å². The number of nitrogens with zero attached hydrogens (tertiary/aromatic N) is 4. The van der Waals surface area contributed by atoms with Crippen LogP contribution in [0.2, 0.25) is 0 Å². The Kier molecular flexibility index (Phi) is 9.59. The minimum absolute atomic E-state index is 0.0818. The largest absolute Gasteiger partial charge is 0.355 e. The number of rotatable bonds is 11. The SMILES string of the molecule is CCN(CC)CCNC(=O)CCc1ccc(Nc2ncc(Br)c(N=C3CC(C)ON3)n2)cc1. The van der Waals surface area contributed by atoms with Gasteiger partial charge in [-0.05, 0) is 60.1 Å². The van der Waals surface area contributed by atoms with E-state index in [1.165, 1.54) is 0 Å². The maximum Gasteiger partial charge on any atom is 0.229 e. The summed E-state index contributed by atoms with van der Waals surface area (Å²) < 4.78 is 0.702. The van der Waals surface area contributed by atoms with Crippen molar-refractivity contribution in [3.8, 4) is 0 Å². The van der Waals surface area contributed by atoms with Crippen LogP contribution in [0.4, 0.5) is 17.5 Å². The lowest BCUT2D eigenvalue weighted by molar-refractivity contribution is -0.121. The molecule has 1 amide bonds. The summed E-state index contributed by atoms with van der Waals surface area (Å²) in [6.07, 6.45) is 3.62. The number of aliphatic imine (C=N–C) groups is 1. The van der Waals surface area contributed by atoms with Gasteiger partial charge in [0.25, 0.3) is 0 Å². The second kappa shape index (κ2) is 12.6. The van der Waals surface area contributed by atoms with Gasteiger partial charge >= 0.3 is 0 Å². The number of carbonyl (C=O) groups excluding carboxylic acids is 1. The number of aromatic nitrogens is 2. The molecule has 2 aromatic rings. The number of hydroxylamine groups is 1. The van der Waals surface area contributed by atoms with Crippen LogP contribution in [0.15, 0.2) is 39.9 Å². The van der Waals surface area contributed by atoms with E-state index in [9.17, 15) is 4.79 Å². The Bertz CT molecular complexity index is 948. The zero-order valence-corrected chi connectivity index (χ0v) is 21.0. The van der Waals surface area contributed by atoms with Gasteiger partial charge in [-0.1, -0.05) is 26.0 Å². The number of nitrogens with one attached hydrogen (secondary N) is 3. The van der Waals surface area contributed by atoms with Crippen LogP contribution in [0.3, 0.4) is 0 Å². The number of benzene rings is 1. The molecule has 1 aromatic carbocycles. The number of halogens is 1. The Morgan fingerprint density at radius 2 is 2.06 bits per heavy atom. The van der Waals surface area contributed by atoms with E-state index in [0.717, 1.165) is 36.7 Å². The van der Waals surface area contributed by atoms with Crippen LogP contribution in [0.1, 0.15) is 39.2 Å². The van der Waals surface area contributed by atoms with Crippen molar-refractivity contribution < 1.29 is 9.63 Å². The number of likely N-dealkylation sites (N-methyl/N-ethyl adjacent to an activating group) is 1. The van der Waals surface area contributed by atoms with E-state index >= 15 is 0 Å². The lowest BCUT2D eigenvalue weighted by Crippen LogP contribution is -2.34. The molecule has 10 heteroatoms. The number of amides is 1. The lowest BCUT2D eigenvalue weighted by atomic mass is 10.1. The molecule has 1 saturated heterocycles. The van der Waals surface area contributed by atoms with Crippen LogP contribution in [0.25, 0.3) is 0 Å². The predicted octanol–water partition coefficient (Wildman–Crippen LogP) is 3.72. The highest BCUT2D eigenvalue weighted by Gasteiger charge is 2.17. The van der Waals surface area contributed by atoms with Gasteiger partial charge in [-0.3, -0.25) is 15.1 Å². The molecule has 9 nitrogen and oxygen atoms in total. The molecular formula is C23H32BrN7O2. The summed E-state index contributed by atoms with van der Waals surface area (Å²) in [7, 11) is 0. The molecule has 0 bridgehead atoms. The summed E-state index contributed by atoms with van der Waals surface area (Å²) in [6, 6.07) is 7.93. The molecule has 2 heterocycles. The summed E-state index contributed by atoms with van der Waals surface area (Å²) in [5.74, 6) is 1.79. The van der Waals surface area contributed by atoms with Gasteiger partial charge in [0, 0.05) is 37.8 Å². The standard InChI is InChI=1S/C23H32BrN7O2/c1-4-31(5-2)13-12-25-21(32)11-8-17-6-9-18(10-7-17)27-23-26-15-19(24)22(29-23)28-20-14-16(3)33-30-20/h6-7,9-10,15-16H,4-5,8,11-14H2,1-3H3,(H,25,32)(H2,26,27,28,29,30). The van der Waals surface area contributed by atoms with Crippen molar-refractivity contribution in [2.24, 2.45) is 4.99 Å². The number of carbonyl (C=O) groups is 1. The first kappa shape index (κ1) is 25.1. The van der Waals surface area contributed by atoms with Gasteiger partial charge in [0.15, 0.2) is 5.82 Å². The Morgan fingerprint density at radius 3 is 2.73 bits per heavy atom. The van der Waals surface area contributed by atoms with E-state index in [1.54, 1.807) is 6.20 Å². The first-order chi connectivity index (χ1) is 16.0. The maximum atomic E-state index is 12.1. The Morgan fingerprint density at radius 1 is 1.30 bits per heavy atom. The molecule has 3 rings (SSSR count). The number of hydrogen-bond acceptors (Lipinski definition) is 7. The maximum absolute atomic E-state index is 12.1. The van der Waals surface area contributed by atoms with Gasteiger partial charge < -0.3 is 15.5 Å².